The predicted octanol–water partition coefficient (Wildman–Crippen LogP) is -2.61. The number of aliphatic hydroxyl groups is 9. The molecular weight excluding hydrogens is 384 g/mol. The molecule has 0 heterocycles. The molecule has 0 amide bonds. The largest absolute Gasteiger partial charge is 0.393 e. The SMILES string of the molecule is CC1=C2C(O)C(O)C3(C)C(O)CC(O)C(O)(CO)C3C(O)C2(C(C)(C)O)CC1O. The summed E-state index contributed by atoms with van der Waals surface area (Å²) in [6, 6.07) is 0. The van der Waals surface area contributed by atoms with Crippen LogP contribution in [0.3, 0.4) is 0 Å². The molecule has 0 aliphatic heterocycles. The molecule has 0 aromatic carbocycles. The standard InChI is InChI=1S/C20H34O9/c1-8-9(22)6-19(17(2,3)28)12(8)13(25)15(26)18(4)10(23)5-11(24)20(29,7-21)14(18)16(19)27/h9-11,13-16,21-29H,5-7H2,1-4H3. The third-order valence-corrected chi connectivity index (χ3v) is 8.27. The smallest absolute Gasteiger partial charge is 0.119 e. The molecule has 0 aromatic heterocycles. The van der Waals surface area contributed by atoms with Crippen LogP contribution in [0.25, 0.3) is 0 Å². The molecular formula is C20H34O9. The summed E-state index contributed by atoms with van der Waals surface area (Å²) in [6.07, 6.45) is -9.91. The van der Waals surface area contributed by atoms with Crippen molar-refractivity contribution in [3.63, 3.8) is 0 Å². The minimum atomic E-state index is -2.33. The summed E-state index contributed by atoms with van der Waals surface area (Å²) in [6.45, 7) is 4.69. The quantitative estimate of drug-likeness (QED) is 0.217. The van der Waals surface area contributed by atoms with Crippen LogP contribution in [0.2, 0.25) is 0 Å². The van der Waals surface area contributed by atoms with Gasteiger partial charge in [-0.3, -0.25) is 0 Å². The molecule has 10 atom stereocenters. The highest BCUT2D eigenvalue weighted by atomic mass is 16.4. The van der Waals surface area contributed by atoms with Crippen LogP contribution < -0.4 is 0 Å². The van der Waals surface area contributed by atoms with Gasteiger partial charge >= 0.3 is 0 Å². The summed E-state index contributed by atoms with van der Waals surface area (Å²) < 4.78 is 0. The van der Waals surface area contributed by atoms with Crippen LogP contribution in [0.1, 0.15) is 40.5 Å². The van der Waals surface area contributed by atoms with Crippen molar-refractivity contribution in [1.82, 2.24) is 0 Å². The van der Waals surface area contributed by atoms with Gasteiger partial charge in [0.2, 0.25) is 0 Å². The van der Waals surface area contributed by atoms with Crippen LogP contribution in [0.15, 0.2) is 11.1 Å². The van der Waals surface area contributed by atoms with Gasteiger partial charge in [0.15, 0.2) is 0 Å². The molecule has 2 fully saturated rings. The van der Waals surface area contributed by atoms with Gasteiger partial charge < -0.3 is 46.0 Å². The molecule has 3 aliphatic carbocycles. The topological polar surface area (TPSA) is 182 Å². The fourth-order valence-corrected chi connectivity index (χ4v) is 6.42. The average Bonchev–Trinajstić information content (AvgIpc) is 2.87. The number of aliphatic hydroxyl groups excluding tert-OH is 7. The molecule has 0 saturated heterocycles. The predicted molar refractivity (Wildman–Crippen MR) is 100 cm³/mol. The zero-order valence-corrected chi connectivity index (χ0v) is 17.2. The van der Waals surface area contributed by atoms with Gasteiger partial charge in [0, 0.05) is 17.8 Å². The Balaban J connectivity index is 2.40. The van der Waals surface area contributed by atoms with E-state index in [0.29, 0.717) is 0 Å². The molecule has 9 N–H and O–H groups in total. The van der Waals surface area contributed by atoms with Crippen molar-refractivity contribution >= 4 is 0 Å². The van der Waals surface area contributed by atoms with Gasteiger partial charge in [-0.2, -0.15) is 0 Å². The maximum Gasteiger partial charge on any atom is 0.119 e. The van der Waals surface area contributed by atoms with E-state index in [0.717, 1.165) is 0 Å². The minimum absolute atomic E-state index is 0.0510. The summed E-state index contributed by atoms with van der Waals surface area (Å²) in [5.41, 5.74) is -7.19. The third-order valence-electron chi connectivity index (χ3n) is 8.27. The fraction of sp³-hybridized carbons (Fsp3) is 0.900. The second-order valence-electron chi connectivity index (χ2n) is 9.94. The fourth-order valence-electron chi connectivity index (χ4n) is 6.42. The molecule has 9 heteroatoms. The van der Waals surface area contributed by atoms with E-state index in [-0.39, 0.29) is 17.6 Å². The van der Waals surface area contributed by atoms with Crippen molar-refractivity contribution in [1.29, 1.82) is 0 Å². The Hall–Kier alpha value is -0.620. The first kappa shape index (κ1) is 23.1. The highest BCUT2D eigenvalue weighted by molar-refractivity contribution is 5.42. The van der Waals surface area contributed by atoms with Gasteiger partial charge in [-0.25, -0.2) is 0 Å². The molecule has 0 aromatic rings. The van der Waals surface area contributed by atoms with Crippen molar-refractivity contribution in [3.8, 4) is 0 Å². The van der Waals surface area contributed by atoms with Gasteiger partial charge in [0.1, 0.15) is 11.7 Å². The first-order valence-electron chi connectivity index (χ1n) is 9.97. The van der Waals surface area contributed by atoms with Crippen molar-refractivity contribution in [2.75, 3.05) is 6.61 Å². The van der Waals surface area contributed by atoms with Gasteiger partial charge in [-0.05, 0) is 38.3 Å². The molecule has 29 heavy (non-hydrogen) atoms. The van der Waals surface area contributed by atoms with Crippen LogP contribution in [-0.2, 0) is 0 Å². The molecule has 9 nitrogen and oxygen atoms in total. The van der Waals surface area contributed by atoms with Gasteiger partial charge in [-0.1, -0.05) is 6.92 Å². The Labute approximate surface area is 169 Å². The molecule has 168 valence electrons. The first-order valence-corrected chi connectivity index (χ1v) is 9.97. The van der Waals surface area contributed by atoms with E-state index in [4.69, 9.17) is 0 Å². The zero-order valence-electron chi connectivity index (χ0n) is 17.2. The molecule has 10 unspecified atom stereocenters. The Morgan fingerprint density at radius 1 is 1.00 bits per heavy atom. The lowest BCUT2D eigenvalue weighted by Gasteiger charge is -2.59. The van der Waals surface area contributed by atoms with E-state index in [2.05, 4.69) is 0 Å². The monoisotopic (exact) mass is 418 g/mol. The van der Waals surface area contributed by atoms with Crippen LogP contribution in [0.5, 0.6) is 0 Å². The van der Waals surface area contributed by atoms with Crippen LogP contribution in [-0.4, -0.2) is 100 Å². The highest BCUT2D eigenvalue weighted by Gasteiger charge is 2.73. The third kappa shape index (κ3) is 2.60. The first-order chi connectivity index (χ1) is 13.1. The zero-order chi connectivity index (χ0) is 22.3. The lowest BCUT2D eigenvalue weighted by molar-refractivity contribution is -0.285. The number of fused-ring (bicyclic) bond motifs is 2. The van der Waals surface area contributed by atoms with Crippen LogP contribution >= 0.6 is 0 Å². The van der Waals surface area contributed by atoms with E-state index >= 15 is 0 Å². The summed E-state index contributed by atoms with van der Waals surface area (Å²) in [7, 11) is 0. The van der Waals surface area contributed by atoms with Crippen molar-refractivity contribution < 1.29 is 46.0 Å². The van der Waals surface area contributed by atoms with Gasteiger partial charge in [0.05, 0.1) is 48.1 Å². The Bertz CT molecular complexity index is 703. The second kappa shape index (κ2) is 6.69. The van der Waals surface area contributed by atoms with Crippen molar-refractivity contribution in [2.24, 2.45) is 16.7 Å². The van der Waals surface area contributed by atoms with Crippen molar-refractivity contribution in [2.45, 2.75) is 88.4 Å². The Kier molecular flexibility index (Phi) is 5.32. The van der Waals surface area contributed by atoms with E-state index in [1.54, 1.807) is 0 Å². The second-order valence-corrected chi connectivity index (χ2v) is 9.94. The molecule has 0 radical (unpaired) electrons. The van der Waals surface area contributed by atoms with E-state index in [1.165, 1.54) is 27.7 Å². The summed E-state index contributed by atoms with van der Waals surface area (Å²) >= 11 is 0. The molecule has 3 aliphatic rings. The Morgan fingerprint density at radius 2 is 1.55 bits per heavy atom. The van der Waals surface area contributed by atoms with Crippen LogP contribution in [0.4, 0.5) is 0 Å². The summed E-state index contributed by atoms with van der Waals surface area (Å²) in [4.78, 5) is 0. The highest BCUT2D eigenvalue weighted by Crippen LogP contribution is 2.64. The lowest BCUT2D eigenvalue weighted by atomic mass is 9.51. The number of rotatable bonds is 2. The van der Waals surface area contributed by atoms with Crippen LogP contribution in [0, 0.1) is 16.7 Å². The number of hydrogen-bond donors (Lipinski definition) is 9. The lowest BCUT2D eigenvalue weighted by Crippen LogP contribution is -2.72. The number of hydrogen-bond acceptors (Lipinski definition) is 9. The summed E-state index contributed by atoms with van der Waals surface area (Å²) in [5.74, 6) is -1.54. The molecule has 3 rings (SSSR count). The normalized spacial score (nSPS) is 53.5. The Morgan fingerprint density at radius 3 is 2.03 bits per heavy atom. The molecule has 0 spiro atoms. The maximum atomic E-state index is 11.7. The summed E-state index contributed by atoms with van der Waals surface area (Å²) in [5, 5.41) is 98.1. The maximum absolute atomic E-state index is 11.7. The molecule has 0 bridgehead atoms. The van der Waals surface area contributed by atoms with Crippen molar-refractivity contribution in [3.05, 3.63) is 11.1 Å². The van der Waals surface area contributed by atoms with E-state index < -0.39 is 77.6 Å². The minimum Gasteiger partial charge on any atom is -0.393 e. The van der Waals surface area contributed by atoms with Gasteiger partial charge in [-0.15, -0.1) is 0 Å². The van der Waals surface area contributed by atoms with Gasteiger partial charge in [0.25, 0.3) is 0 Å². The molecule has 2 saturated carbocycles. The van der Waals surface area contributed by atoms with E-state index in [9.17, 15) is 46.0 Å². The average molecular weight is 418 g/mol. The van der Waals surface area contributed by atoms with E-state index in [1.807, 2.05) is 0 Å².